The molecule has 0 radical (unpaired) electrons. The Morgan fingerprint density at radius 2 is 2.05 bits per heavy atom. The third-order valence-electron chi connectivity index (χ3n) is 2.59. The summed E-state index contributed by atoms with van der Waals surface area (Å²) >= 11 is 5.13. The number of hydrogen-bond donors (Lipinski definition) is 2. The smallest absolute Gasteiger partial charge is 0.173 e. The molecule has 0 saturated carbocycles. The van der Waals surface area contributed by atoms with Gasteiger partial charge in [0.05, 0.1) is 18.9 Å². The van der Waals surface area contributed by atoms with Crippen LogP contribution in [0.2, 0.25) is 0 Å². The first kappa shape index (κ1) is 13.8. The van der Waals surface area contributed by atoms with Gasteiger partial charge in [0, 0.05) is 11.1 Å². The van der Waals surface area contributed by atoms with E-state index < -0.39 is 9.84 Å². The third-order valence-corrected chi connectivity index (χ3v) is 4.21. The number of ether oxygens (including phenoxy) is 1. The van der Waals surface area contributed by atoms with Crippen molar-refractivity contribution >= 4 is 32.9 Å². The minimum Gasteiger partial charge on any atom is -0.497 e. The van der Waals surface area contributed by atoms with Gasteiger partial charge in [-0.2, -0.15) is 0 Å². The monoisotopic (exact) mass is 298 g/mol. The molecule has 5 nitrogen and oxygen atoms in total. The summed E-state index contributed by atoms with van der Waals surface area (Å²) < 4.78 is 27.5. The van der Waals surface area contributed by atoms with E-state index in [0.29, 0.717) is 5.11 Å². The summed E-state index contributed by atoms with van der Waals surface area (Å²) in [6.45, 7) is 0. The summed E-state index contributed by atoms with van der Waals surface area (Å²) in [4.78, 5) is 0. The Kier molecular flexibility index (Phi) is 4.06. The first-order valence-electron chi connectivity index (χ1n) is 5.61. The highest BCUT2D eigenvalue weighted by atomic mass is 32.2. The second-order valence-corrected chi connectivity index (χ2v) is 6.43. The molecule has 0 bridgehead atoms. The number of hydrogen-bond acceptors (Lipinski definition) is 4. The molecule has 2 N–H and O–H groups in total. The molecule has 102 valence electrons. The van der Waals surface area contributed by atoms with Gasteiger partial charge < -0.3 is 15.4 Å². The van der Waals surface area contributed by atoms with Crippen molar-refractivity contribution in [1.29, 1.82) is 0 Å². The Hall–Kier alpha value is -1.60. The van der Waals surface area contributed by atoms with Gasteiger partial charge >= 0.3 is 0 Å². The van der Waals surface area contributed by atoms with E-state index in [2.05, 4.69) is 10.6 Å². The van der Waals surface area contributed by atoms with Gasteiger partial charge in [0.25, 0.3) is 0 Å². The first-order chi connectivity index (χ1) is 8.98. The Bertz CT molecular complexity index is 594. The molecule has 7 heteroatoms. The minimum atomic E-state index is -3.07. The molecule has 0 amide bonds. The fourth-order valence-corrected chi connectivity index (χ4v) is 3.18. The molecule has 0 spiro atoms. The molecule has 1 heterocycles. The minimum absolute atomic E-state index is 0.0391. The molecule has 0 unspecified atom stereocenters. The maximum atomic E-state index is 11.2. The predicted octanol–water partition coefficient (Wildman–Crippen LogP) is 1.29. The normalized spacial score (nSPS) is 19.9. The molecule has 1 aliphatic heterocycles. The maximum absolute atomic E-state index is 11.2. The number of sulfone groups is 1. The van der Waals surface area contributed by atoms with Crippen molar-refractivity contribution in [1.82, 2.24) is 5.32 Å². The van der Waals surface area contributed by atoms with E-state index in [0.717, 1.165) is 11.4 Å². The maximum Gasteiger partial charge on any atom is 0.173 e. The summed E-state index contributed by atoms with van der Waals surface area (Å²) in [7, 11) is -1.47. The van der Waals surface area contributed by atoms with Crippen LogP contribution in [0.3, 0.4) is 0 Å². The lowest BCUT2D eigenvalue weighted by atomic mass is 10.3. The number of methoxy groups -OCH3 is 1. The lowest BCUT2D eigenvalue weighted by molar-refractivity contribution is 0.415. The van der Waals surface area contributed by atoms with Gasteiger partial charge in [-0.3, -0.25) is 0 Å². The van der Waals surface area contributed by atoms with Crippen molar-refractivity contribution in [2.45, 2.75) is 6.04 Å². The number of nitrogens with one attached hydrogen (secondary N) is 2. The van der Waals surface area contributed by atoms with Crippen LogP contribution in [0.1, 0.15) is 0 Å². The van der Waals surface area contributed by atoms with Crippen molar-refractivity contribution in [2.24, 2.45) is 0 Å². The number of rotatable bonds is 3. The molecule has 1 atom stereocenters. The van der Waals surface area contributed by atoms with Crippen LogP contribution in [-0.4, -0.2) is 32.4 Å². The van der Waals surface area contributed by atoms with Crippen molar-refractivity contribution in [3.8, 4) is 5.75 Å². The highest BCUT2D eigenvalue weighted by molar-refractivity contribution is 7.94. The molecule has 0 fully saturated rings. The Morgan fingerprint density at radius 1 is 1.37 bits per heavy atom. The summed E-state index contributed by atoms with van der Waals surface area (Å²) in [6, 6.07) is 7.00. The average Bonchev–Trinajstić information content (AvgIpc) is 2.69. The number of thiocarbonyl (C=S) groups is 1. The zero-order valence-corrected chi connectivity index (χ0v) is 11.9. The van der Waals surface area contributed by atoms with Crippen LogP contribution >= 0.6 is 12.2 Å². The first-order valence-corrected chi connectivity index (χ1v) is 7.73. The van der Waals surface area contributed by atoms with E-state index in [1.807, 2.05) is 24.3 Å². The van der Waals surface area contributed by atoms with Crippen molar-refractivity contribution < 1.29 is 13.2 Å². The second kappa shape index (κ2) is 5.58. The standard InChI is InChI=1S/C12H14N2O3S2/c1-17-11-4-2-9(3-5-11)13-12(18)14-10-6-7-19(15,16)8-10/h2-7,10H,8H2,1H3,(H2,13,14,18)/t10-/m1/s1. The molecule has 2 rings (SSSR count). The second-order valence-electron chi connectivity index (χ2n) is 4.09. The highest BCUT2D eigenvalue weighted by Gasteiger charge is 2.21. The number of anilines is 1. The fourth-order valence-electron chi connectivity index (χ4n) is 1.68. The van der Waals surface area contributed by atoms with Gasteiger partial charge in [0.1, 0.15) is 5.75 Å². The molecule has 0 saturated heterocycles. The predicted molar refractivity (Wildman–Crippen MR) is 79.1 cm³/mol. The van der Waals surface area contributed by atoms with Gasteiger partial charge in [-0.05, 0) is 42.6 Å². The Morgan fingerprint density at radius 3 is 2.58 bits per heavy atom. The van der Waals surface area contributed by atoms with Gasteiger partial charge in [0.2, 0.25) is 0 Å². The van der Waals surface area contributed by atoms with Gasteiger partial charge in [-0.1, -0.05) is 0 Å². The van der Waals surface area contributed by atoms with Gasteiger partial charge in [0.15, 0.2) is 14.9 Å². The molecular weight excluding hydrogens is 284 g/mol. The molecule has 1 aromatic carbocycles. The SMILES string of the molecule is COc1ccc(NC(=S)N[C@@H]2C=CS(=O)(=O)C2)cc1. The quantitative estimate of drug-likeness (QED) is 0.820. The van der Waals surface area contributed by atoms with Crippen LogP contribution in [-0.2, 0) is 9.84 Å². The fraction of sp³-hybridized carbons (Fsp3) is 0.250. The topological polar surface area (TPSA) is 67.4 Å². The highest BCUT2D eigenvalue weighted by Crippen LogP contribution is 2.15. The lowest BCUT2D eigenvalue weighted by Crippen LogP contribution is -2.38. The van der Waals surface area contributed by atoms with Gasteiger partial charge in [-0.15, -0.1) is 0 Å². The zero-order valence-electron chi connectivity index (χ0n) is 10.3. The summed E-state index contributed by atoms with van der Waals surface area (Å²) in [5.74, 6) is 0.798. The summed E-state index contributed by atoms with van der Waals surface area (Å²) in [6.07, 6.45) is 1.59. The number of benzene rings is 1. The van der Waals surface area contributed by atoms with E-state index >= 15 is 0 Å². The molecule has 0 aromatic heterocycles. The van der Waals surface area contributed by atoms with Crippen LogP contribution in [0.4, 0.5) is 5.69 Å². The van der Waals surface area contributed by atoms with E-state index in [4.69, 9.17) is 17.0 Å². The van der Waals surface area contributed by atoms with Crippen molar-refractivity contribution in [2.75, 3.05) is 18.2 Å². The Balaban J connectivity index is 1.89. The van der Waals surface area contributed by atoms with E-state index in [9.17, 15) is 8.42 Å². The van der Waals surface area contributed by atoms with Gasteiger partial charge in [-0.25, -0.2) is 8.42 Å². The summed E-state index contributed by atoms with van der Waals surface area (Å²) in [5, 5.41) is 7.51. The molecule has 1 aromatic rings. The molecule has 0 aliphatic carbocycles. The zero-order chi connectivity index (χ0) is 13.9. The molecular formula is C12H14N2O3S2. The van der Waals surface area contributed by atoms with Crippen LogP contribution < -0.4 is 15.4 Å². The van der Waals surface area contributed by atoms with E-state index in [-0.39, 0.29) is 11.8 Å². The van der Waals surface area contributed by atoms with Crippen molar-refractivity contribution in [3.63, 3.8) is 0 Å². The van der Waals surface area contributed by atoms with Crippen LogP contribution in [0.5, 0.6) is 5.75 Å². The average molecular weight is 298 g/mol. The lowest BCUT2D eigenvalue weighted by Gasteiger charge is -2.14. The molecule has 19 heavy (non-hydrogen) atoms. The van der Waals surface area contributed by atoms with E-state index in [1.165, 1.54) is 5.41 Å². The Labute approximate surface area is 117 Å². The third kappa shape index (κ3) is 3.93. The van der Waals surface area contributed by atoms with Crippen molar-refractivity contribution in [3.05, 3.63) is 35.7 Å². The largest absolute Gasteiger partial charge is 0.497 e. The molecule has 1 aliphatic rings. The van der Waals surface area contributed by atoms with Crippen LogP contribution in [0, 0.1) is 0 Å². The van der Waals surface area contributed by atoms with E-state index in [1.54, 1.807) is 13.2 Å². The van der Waals surface area contributed by atoms with Crippen LogP contribution in [0.25, 0.3) is 0 Å². The summed E-state index contributed by atoms with van der Waals surface area (Å²) in [5.41, 5.74) is 0.808. The van der Waals surface area contributed by atoms with Crippen LogP contribution in [0.15, 0.2) is 35.7 Å².